The lowest BCUT2D eigenvalue weighted by Crippen LogP contribution is -2.07. The third-order valence-corrected chi connectivity index (χ3v) is 4.11. The fourth-order valence-electron chi connectivity index (χ4n) is 2.49. The molecule has 0 saturated heterocycles. The lowest BCUT2D eigenvalue weighted by molar-refractivity contribution is -0.384. The van der Waals surface area contributed by atoms with E-state index in [0.717, 1.165) is 30.0 Å². The molecule has 26 heavy (non-hydrogen) atoms. The zero-order chi connectivity index (χ0) is 18.8. The molecule has 0 spiro atoms. The van der Waals surface area contributed by atoms with Crippen molar-refractivity contribution in [2.75, 3.05) is 18.6 Å². The van der Waals surface area contributed by atoms with Crippen molar-refractivity contribution < 1.29 is 9.66 Å². The normalized spacial score (nSPS) is 10.8. The fourth-order valence-corrected chi connectivity index (χ4v) is 2.49. The van der Waals surface area contributed by atoms with Crippen molar-refractivity contribution in [3.8, 4) is 5.75 Å². The molecule has 0 aromatic heterocycles. The Morgan fingerprint density at radius 2 is 1.73 bits per heavy atom. The molecule has 2 aromatic rings. The van der Waals surface area contributed by atoms with Crippen LogP contribution in [-0.2, 0) is 0 Å². The second kappa shape index (κ2) is 10.2. The van der Waals surface area contributed by atoms with E-state index in [1.54, 1.807) is 12.1 Å². The molecule has 0 heterocycles. The van der Waals surface area contributed by atoms with Gasteiger partial charge in [-0.05, 0) is 42.3 Å². The van der Waals surface area contributed by atoms with Gasteiger partial charge in [-0.3, -0.25) is 10.1 Å². The highest BCUT2D eigenvalue weighted by atomic mass is 16.6. The summed E-state index contributed by atoms with van der Waals surface area (Å²) in [5.41, 5.74) is 2.05. The third-order valence-electron chi connectivity index (χ3n) is 4.11. The summed E-state index contributed by atoms with van der Waals surface area (Å²) in [6.45, 7) is 2.96. The first-order valence-electron chi connectivity index (χ1n) is 8.98. The summed E-state index contributed by atoms with van der Waals surface area (Å²) in [6.07, 6.45) is 8.72. The van der Waals surface area contributed by atoms with E-state index in [2.05, 4.69) is 6.92 Å². The van der Waals surface area contributed by atoms with Crippen molar-refractivity contribution in [2.24, 2.45) is 0 Å². The second-order valence-electron chi connectivity index (χ2n) is 6.18. The Morgan fingerprint density at radius 1 is 1.04 bits per heavy atom. The molecule has 0 radical (unpaired) electrons. The molecule has 5 heteroatoms. The Morgan fingerprint density at radius 3 is 2.35 bits per heavy atom. The summed E-state index contributed by atoms with van der Waals surface area (Å²) >= 11 is 0. The van der Waals surface area contributed by atoms with Crippen LogP contribution in [0, 0.1) is 10.1 Å². The van der Waals surface area contributed by atoms with Gasteiger partial charge in [0.2, 0.25) is 0 Å². The molecular weight excluding hydrogens is 328 g/mol. The molecule has 0 saturated carbocycles. The number of non-ortho nitro benzene ring substituents is 1. The topological polar surface area (TPSA) is 55.6 Å². The van der Waals surface area contributed by atoms with Gasteiger partial charge >= 0.3 is 0 Å². The van der Waals surface area contributed by atoms with Gasteiger partial charge in [-0.15, -0.1) is 0 Å². The van der Waals surface area contributed by atoms with Crippen LogP contribution in [0.4, 0.5) is 11.4 Å². The van der Waals surface area contributed by atoms with Gasteiger partial charge in [0.05, 0.1) is 11.5 Å². The van der Waals surface area contributed by atoms with Gasteiger partial charge in [-0.2, -0.15) is 0 Å². The molecule has 0 fully saturated rings. The van der Waals surface area contributed by atoms with Gasteiger partial charge in [-0.1, -0.05) is 38.3 Å². The first-order chi connectivity index (χ1) is 12.6. The zero-order valence-electron chi connectivity index (χ0n) is 15.4. The van der Waals surface area contributed by atoms with Crippen molar-refractivity contribution >= 4 is 17.5 Å². The Balaban J connectivity index is 1.86. The Kier molecular flexibility index (Phi) is 7.68. The fraction of sp³-hybridized carbons (Fsp3) is 0.333. The van der Waals surface area contributed by atoms with E-state index in [1.165, 1.54) is 31.4 Å². The zero-order valence-corrected chi connectivity index (χ0v) is 15.4. The van der Waals surface area contributed by atoms with E-state index >= 15 is 0 Å². The Hall–Kier alpha value is -2.82. The number of nitro groups is 1. The van der Waals surface area contributed by atoms with Crippen LogP contribution in [0.1, 0.15) is 38.2 Å². The van der Waals surface area contributed by atoms with Crippen LogP contribution in [0.25, 0.3) is 6.08 Å². The van der Waals surface area contributed by atoms with Crippen molar-refractivity contribution in [3.63, 3.8) is 0 Å². The summed E-state index contributed by atoms with van der Waals surface area (Å²) < 4.78 is 5.74. The summed E-state index contributed by atoms with van der Waals surface area (Å²) in [6, 6.07) is 14.5. The van der Waals surface area contributed by atoms with Gasteiger partial charge in [0.25, 0.3) is 5.69 Å². The summed E-state index contributed by atoms with van der Waals surface area (Å²) in [5, 5.41) is 10.7. The van der Waals surface area contributed by atoms with Gasteiger partial charge in [0.15, 0.2) is 0 Å². The molecular formula is C21H26N2O3. The molecule has 0 N–H and O–H groups in total. The standard InChI is InChI=1S/C21H26N2O3/c1-3-4-5-6-17-26-21-13-7-18(8-14-21)15-16-22(2)19-9-11-20(12-10-19)23(24)25/h7-16H,3-6,17H2,1-2H3/b16-15-. The van der Waals surface area contributed by atoms with Crippen LogP contribution < -0.4 is 9.64 Å². The minimum atomic E-state index is -0.396. The number of nitro benzene ring substituents is 1. The van der Waals surface area contributed by atoms with Crippen LogP contribution in [0.5, 0.6) is 5.75 Å². The minimum Gasteiger partial charge on any atom is -0.494 e. The predicted octanol–water partition coefficient (Wildman–Crippen LogP) is 5.66. The molecule has 0 unspecified atom stereocenters. The molecule has 0 atom stereocenters. The monoisotopic (exact) mass is 354 g/mol. The lowest BCUT2D eigenvalue weighted by atomic mass is 10.2. The molecule has 0 bridgehead atoms. The molecule has 0 amide bonds. The second-order valence-corrected chi connectivity index (χ2v) is 6.18. The SMILES string of the molecule is CCCCCCOc1ccc(/C=C\N(C)c2ccc([N+](=O)[O-])cc2)cc1. The Bertz CT molecular complexity index is 709. The number of hydrogen-bond donors (Lipinski definition) is 0. The quantitative estimate of drug-likeness (QED) is 0.314. The highest BCUT2D eigenvalue weighted by Gasteiger charge is 2.05. The maximum Gasteiger partial charge on any atom is 0.269 e. The first kappa shape index (κ1) is 19.5. The van der Waals surface area contributed by atoms with Gasteiger partial charge in [0, 0.05) is 31.1 Å². The van der Waals surface area contributed by atoms with E-state index in [0.29, 0.717) is 0 Å². The van der Waals surface area contributed by atoms with E-state index < -0.39 is 4.92 Å². The van der Waals surface area contributed by atoms with E-state index in [9.17, 15) is 10.1 Å². The van der Waals surface area contributed by atoms with Gasteiger partial charge < -0.3 is 9.64 Å². The number of nitrogens with zero attached hydrogens (tertiary/aromatic N) is 2. The summed E-state index contributed by atoms with van der Waals surface area (Å²) in [4.78, 5) is 12.2. The lowest BCUT2D eigenvalue weighted by Gasteiger charge is -2.13. The molecule has 0 aliphatic carbocycles. The van der Waals surface area contributed by atoms with Gasteiger partial charge in [-0.25, -0.2) is 0 Å². The van der Waals surface area contributed by atoms with Crippen LogP contribution in [0.3, 0.4) is 0 Å². The highest BCUT2D eigenvalue weighted by Crippen LogP contribution is 2.19. The summed E-state index contributed by atoms with van der Waals surface area (Å²) in [5.74, 6) is 0.891. The average Bonchev–Trinajstić information content (AvgIpc) is 2.67. The van der Waals surface area contributed by atoms with Crippen molar-refractivity contribution in [2.45, 2.75) is 32.6 Å². The molecule has 5 nitrogen and oxygen atoms in total. The molecule has 0 aliphatic rings. The molecule has 0 aliphatic heterocycles. The number of anilines is 1. The number of unbranched alkanes of at least 4 members (excludes halogenated alkanes) is 3. The minimum absolute atomic E-state index is 0.0939. The van der Waals surface area contributed by atoms with Gasteiger partial charge in [0.1, 0.15) is 5.75 Å². The van der Waals surface area contributed by atoms with Crippen LogP contribution in [0.15, 0.2) is 54.7 Å². The average molecular weight is 354 g/mol. The van der Waals surface area contributed by atoms with Crippen molar-refractivity contribution in [1.29, 1.82) is 0 Å². The van der Waals surface area contributed by atoms with Crippen LogP contribution >= 0.6 is 0 Å². The molecule has 138 valence electrons. The van der Waals surface area contributed by atoms with Crippen molar-refractivity contribution in [1.82, 2.24) is 0 Å². The first-order valence-corrected chi connectivity index (χ1v) is 8.98. The van der Waals surface area contributed by atoms with E-state index in [4.69, 9.17) is 4.74 Å². The maximum atomic E-state index is 10.7. The number of ether oxygens (including phenoxy) is 1. The van der Waals surface area contributed by atoms with Crippen LogP contribution in [-0.4, -0.2) is 18.6 Å². The maximum absolute atomic E-state index is 10.7. The van der Waals surface area contributed by atoms with E-state index in [-0.39, 0.29) is 5.69 Å². The smallest absolute Gasteiger partial charge is 0.269 e. The largest absolute Gasteiger partial charge is 0.494 e. The molecule has 2 rings (SSSR count). The number of hydrogen-bond acceptors (Lipinski definition) is 4. The highest BCUT2D eigenvalue weighted by molar-refractivity contribution is 5.58. The number of benzene rings is 2. The van der Waals surface area contributed by atoms with Crippen LogP contribution in [0.2, 0.25) is 0 Å². The van der Waals surface area contributed by atoms with E-state index in [1.807, 2.05) is 48.5 Å². The number of rotatable bonds is 10. The molecule has 2 aromatic carbocycles. The summed E-state index contributed by atoms with van der Waals surface area (Å²) in [7, 11) is 1.91. The predicted molar refractivity (Wildman–Crippen MR) is 107 cm³/mol. The van der Waals surface area contributed by atoms with Crippen molar-refractivity contribution in [3.05, 3.63) is 70.4 Å². The third kappa shape index (κ3) is 6.24. The Labute approximate surface area is 155 Å².